The molecule has 25 heavy (non-hydrogen) atoms. The zero-order valence-corrected chi connectivity index (χ0v) is 15.8. The van der Waals surface area contributed by atoms with E-state index in [2.05, 4.69) is 43.4 Å². The van der Waals surface area contributed by atoms with Gasteiger partial charge in [-0.25, -0.2) is 4.98 Å². The molecule has 3 aromatic rings. The smallest absolute Gasteiger partial charge is 0.234 e. The van der Waals surface area contributed by atoms with E-state index in [1.54, 1.807) is 0 Å². The molecule has 0 saturated carbocycles. The molecule has 3 rings (SSSR count). The van der Waals surface area contributed by atoms with Crippen molar-refractivity contribution in [1.29, 1.82) is 0 Å². The third-order valence-electron chi connectivity index (χ3n) is 4.45. The highest BCUT2D eigenvalue weighted by Gasteiger charge is 2.09. The van der Waals surface area contributed by atoms with Crippen molar-refractivity contribution in [3.63, 3.8) is 0 Å². The largest absolute Gasteiger partial charge is 0.325 e. The molecule has 128 valence electrons. The van der Waals surface area contributed by atoms with Crippen LogP contribution in [-0.2, 0) is 4.79 Å². The standard InChI is InChI=1S/C21H22N2OS/c1-13-7-6-10-18(16(13)4)22-19(24)12-25-20-11-15(3)17-9-5-8-14(2)21(17)23-20/h5-11H,12H2,1-4H3,(H,22,24). The van der Waals surface area contributed by atoms with Crippen LogP contribution in [0.4, 0.5) is 5.69 Å². The van der Waals surface area contributed by atoms with Crippen LogP contribution in [0.2, 0.25) is 0 Å². The first-order valence-electron chi connectivity index (χ1n) is 8.31. The Morgan fingerprint density at radius 3 is 2.52 bits per heavy atom. The second kappa shape index (κ2) is 7.28. The lowest BCUT2D eigenvalue weighted by atomic mass is 10.1. The molecule has 1 amide bonds. The van der Waals surface area contributed by atoms with Gasteiger partial charge in [-0.15, -0.1) is 0 Å². The first-order chi connectivity index (χ1) is 12.0. The number of carbonyl (C=O) groups excluding carboxylic acids is 1. The Balaban J connectivity index is 1.73. The topological polar surface area (TPSA) is 42.0 Å². The van der Waals surface area contributed by atoms with Gasteiger partial charge in [-0.05, 0) is 62.1 Å². The Bertz CT molecular complexity index is 950. The van der Waals surface area contributed by atoms with Crippen LogP contribution in [-0.4, -0.2) is 16.6 Å². The summed E-state index contributed by atoms with van der Waals surface area (Å²) in [5.74, 6) is 0.333. The van der Waals surface area contributed by atoms with Crippen LogP contribution in [0.15, 0.2) is 47.5 Å². The summed E-state index contributed by atoms with van der Waals surface area (Å²) >= 11 is 1.47. The van der Waals surface area contributed by atoms with Gasteiger partial charge in [-0.3, -0.25) is 4.79 Å². The minimum Gasteiger partial charge on any atom is -0.325 e. The first kappa shape index (κ1) is 17.5. The van der Waals surface area contributed by atoms with E-state index in [0.29, 0.717) is 5.75 Å². The SMILES string of the molecule is Cc1cccc(NC(=O)CSc2cc(C)c3cccc(C)c3n2)c1C. The molecular formula is C21H22N2OS. The number of thioether (sulfide) groups is 1. The fraction of sp³-hybridized carbons (Fsp3) is 0.238. The minimum absolute atomic E-state index is 0.0111. The minimum atomic E-state index is -0.0111. The van der Waals surface area contributed by atoms with Crippen LogP contribution in [0.25, 0.3) is 10.9 Å². The van der Waals surface area contributed by atoms with E-state index in [-0.39, 0.29) is 5.91 Å². The van der Waals surface area contributed by atoms with Gasteiger partial charge in [0.25, 0.3) is 0 Å². The van der Waals surface area contributed by atoms with Crippen molar-refractivity contribution in [2.75, 3.05) is 11.1 Å². The second-order valence-electron chi connectivity index (χ2n) is 6.33. The number of fused-ring (bicyclic) bond motifs is 1. The molecule has 0 aliphatic rings. The Morgan fingerprint density at radius 1 is 1.00 bits per heavy atom. The highest BCUT2D eigenvalue weighted by Crippen LogP contribution is 2.26. The summed E-state index contributed by atoms with van der Waals surface area (Å²) in [6.45, 7) is 8.22. The normalized spacial score (nSPS) is 10.9. The summed E-state index contributed by atoms with van der Waals surface area (Å²) in [5.41, 5.74) is 6.52. The monoisotopic (exact) mass is 350 g/mol. The predicted octanol–water partition coefficient (Wildman–Crippen LogP) is 5.20. The fourth-order valence-electron chi connectivity index (χ4n) is 2.82. The number of aromatic nitrogens is 1. The molecule has 0 spiro atoms. The van der Waals surface area contributed by atoms with E-state index < -0.39 is 0 Å². The van der Waals surface area contributed by atoms with Crippen molar-refractivity contribution < 1.29 is 4.79 Å². The quantitative estimate of drug-likeness (QED) is 0.658. The number of nitrogens with one attached hydrogen (secondary N) is 1. The number of hydrogen-bond acceptors (Lipinski definition) is 3. The Labute approximate surface area is 152 Å². The van der Waals surface area contributed by atoms with E-state index in [0.717, 1.165) is 27.4 Å². The van der Waals surface area contributed by atoms with E-state index in [9.17, 15) is 4.79 Å². The predicted molar refractivity (Wildman–Crippen MR) is 106 cm³/mol. The van der Waals surface area contributed by atoms with Gasteiger partial charge >= 0.3 is 0 Å². The lowest BCUT2D eigenvalue weighted by Crippen LogP contribution is -2.15. The molecule has 0 atom stereocenters. The zero-order valence-electron chi connectivity index (χ0n) is 15.0. The van der Waals surface area contributed by atoms with Gasteiger partial charge in [0, 0.05) is 11.1 Å². The van der Waals surface area contributed by atoms with Crippen molar-refractivity contribution in [3.05, 3.63) is 64.7 Å². The molecular weight excluding hydrogens is 328 g/mol. The molecule has 4 heteroatoms. The van der Waals surface area contributed by atoms with Gasteiger partial charge in [-0.1, -0.05) is 42.1 Å². The Morgan fingerprint density at radius 2 is 1.72 bits per heavy atom. The number of pyridine rings is 1. The van der Waals surface area contributed by atoms with Crippen LogP contribution in [0.1, 0.15) is 22.3 Å². The van der Waals surface area contributed by atoms with Crippen LogP contribution >= 0.6 is 11.8 Å². The maximum Gasteiger partial charge on any atom is 0.234 e. The Hall–Kier alpha value is -2.33. The number of rotatable bonds is 4. The maximum absolute atomic E-state index is 12.3. The first-order valence-corrected chi connectivity index (χ1v) is 9.30. The third-order valence-corrected chi connectivity index (χ3v) is 5.37. The van der Waals surface area contributed by atoms with E-state index >= 15 is 0 Å². The number of benzene rings is 2. The number of hydrogen-bond donors (Lipinski definition) is 1. The average Bonchev–Trinajstić information content (AvgIpc) is 2.58. The summed E-state index contributed by atoms with van der Waals surface area (Å²) in [7, 11) is 0. The summed E-state index contributed by atoms with van der Waals surface area (Å²) < 4.78 is 0. The van der Waals surface area contributed by atoms with Crippen LogP contribution in [0, 0.1) is 27.7 Å². The summed E-state index contributed by atoms with van der Waals surface area (Å²) in [5, 5.41) is 5.05. The van der Waals surface area contributed by atoms with Crippen molar-refractivity contribution in [2.24, 2.45) is 0 Å². The molecule has 0 saturated heterocycles. The van der Waals surface area contributed by atoms with Crippen molar-refractivity contribution in [2.45, 2.75) is 32.7 Å². The van der Waals surface area contributed by atoms with E-state index in [4.69, 9.17) is 4.98 Å². The molecule has 0 bridgehead atoms. The average molecular weight is 350 g/mol. The molecule has 3 nitrogen and oxygen atoms in total. The molecule has 1 aromatic heterocycles. The van der Waals surface area contributed by atoms with Crippen molar-refractivity contribution in [1.82, 2.24) is 4.98 Å². The molecule has 1 N–H and O–H groups in total. The van der Waals surface area contributed by atoms with E-state index in [1.807, 2.05) is 32.0 Å². The van der Waals surface area contributed by atoms with Crippen molar-refractivity contribution in [3.8, 4) is 0 Å². The van der Waals surface area contributed by atoms with Crippen LogP contribution in [0.3, 0.4) is 0 Å². The number of anilines is 1. The lowest BCUT2D eigenvalue weighted by molar-refractivity contribution is -0.113. The van der Waals surface area contributed by atoms with Crippen LogP contribution < -0.4 is 5.32 Å². The zero-order chi connectivity index (χ0) is 18.0. The summed E-state index contributed by atoms with van der Waals surface area (Å²) in [4.78, 5) is 17.0. The highest BCUT2D eigenvalue weighted by molar-refractivity contribution is 7.99. The molecule has 0 radical (unpaired) electrons. The lowest BCUT2D eigenvalue weighted by Gasteiger charge is -2.11. The molecule has 1 heterocycles. The highest BCUT2D eigenvalue weighted by atomic mass is 32.2. The number of amides is 1. The summed E-state index contributed by atoms with van der Waals surface area (Å²) in [6, 6.07) is 14.2. The van der Waals surface area contributed by atoms with Crippen molar-refractivity contribution >= 4 is 34.3 Å². The van der Waals surface area contributed by atoms with Gasteiger partial charge in [0.15, 0.2) is 0 Å². The van der Waals surface area contributed by atoms with Crippen LogP contribution in [0.5, 0.6) is 0 Å². The summed E-state index contributed by atoms with van der Waals surface area (Å²) in [6.07, 6.45) is 0. The molecule has 2 aromatic carbocycles. The van der Waals surface area contributed by atoms with Gasteiger partial charge in [0.2, 0.25) is 5.91 Å². The maximum atomic E-state index is 12.3. The van der Waals surface area contributed by atoms with E-state index in [1.165, 1.54) is 28.3 Å². The van der Waals surface area contributed by atoms with Gasteiger partial charge in [0.1, 0.15) is 0 Å². The fourth-order valence-corrected chi connectivity index (χ4v) is 3.58. The second-order valence-corrected chi connectivity index (χ2v) is 7.33. The van der Waals surface area contributed by atoms with Gasteiger partial charge < -0.3 is 5.32 Å². The molecule has 0 fully saturated rings. The molecule has 0 aliphatic carbocycles. The van der Waals surface area contributed by atoms with Gasteiger partial charge in [0.05, 0.1) is 16.3 Å². The number of aryl methyl sites for hydroxylation is 3. The third kappa shape index (κ3) is 3.85. The molecule has 0 aliphatic heterocycles. The Kier molecular flexibility index (Phi) is 5.09. The van der Waals surface area contributed by atoms with Gasteiger partial charge in [-0.2, -0.15) is 0 Å². The number of para-hydroxylation sites is 1. The molecule has 0 unspecified atom stereocenters. The number of carbonyl (C=O) groups is 1. The number of nitrogens with zero attached hydrogens (tertiary/aromatic N) is 1.